The van der Waals surface area contributed by atoms with Crippen molar-refractivity contribution in [2.45, 2.75) is 43.1 Å². The van der Waals surface area contributed by atoms with Gasteiger partial charge in [-0.05, 0) is 73.4 Å². The lowest BCUT2D eigenvalue weighted by atomic mass is 9.90. The number of amides is 2. The van der Waals surface area contributed by atoms with E-state index in [1.165, 1.54) is 0 Å². The molecule has 228 valence electrons. The first-order valence-corrected chi connectivity index (χ1v) is 16.0. The van der Waals surface area contributed by atoms with Gasteiger partial charge in [0.1, 0.15) is 22.0 Å². The Hall–Kier alpha value is -3.93. The lowest BCUT2D eigenvalue weighted by molar-refractivity contribution is -0.200. The first kappa shape index (κ1) is 30.5. The van der Waals surface area contributed by atoms with E-state index in [0.717, 1.165) is 12.8 Å². The third-order valence-corrected chi connectivity index (χ3v) is 10.4. The maximum Gasteiger partial charge on any atom is 0.253 e. The number of ether oxygens (including phenoxy) is 3. The minimum Gasteiger partial charge on any atom is -0.497 e. The molecule has 0 spiro atoms. The molecule has 2 unspecified atom stereocenters. The fraction of sp³-hybridized carbons (Fsp3) is 0.375. The summed E-state index contributed by atoms with van der Waals surface area (Å²) in [7, 11) is -2.35. The molecule has 2 aliphatic rings. The van der Waals surface area contributed by atoms with Crippen LogP contribution >= 0.6 is 0 Å². The van der Waals surface area contributed by atoms with Crippen molar-refractivity contribution in [2.75, 3.05) is 32.6 Å². The van der Waals surface area contributed by atoms with Crippen molar-refractivity contribution in [1.82, 2.24) is 10.4 Å². The number of rotatable bonds is 9. The van der Waals surface area contributed by atoms with Gasteiger partial charge < -0.3 is 19.1 Å². The van der Waals surface area contributed by atoms with E-state index >= 15 is 0 Å². The number of hydrogen-bond donors (Lipinski definition) is 1. The quantitative estimate of drug-likeness (QED) is 0.350. The van der Waals surface area contributed by atoms with Gasteiger partial charge in [0.15, 0.2) is 16.1 Å². The van der Waals surface area contributed by atoms with Crippen LogP contribution < -0.4 is 15.0 Å². The van der Waals surface area contributed by atoms with Crippen LogP contribution in [0.3, 0.4) is 0 Å². The molecule has 2 fully saturated rings. The van der Waals surface area contributed by atoms with Crippen LogP contribution in [-0.4, -0.2) is 64.0 Å². The lowest BCUT2D eigenvalue weighted by Gasteiger charge is -2.32. The second-order valence-corrected chi connectivity index (χ2v) is 13.1. The van der Waals surface area contributed by atoms with Gasteiger partial charge in [-0.25, -0.2) is 18.7 Å². The van der Waals surface area contributed by atoms with Gasteiger partial charge >= 0.3 is 0 Å². The van der Waals surface area contributed by atoms with Crippen LogP contribution in [0.1, 0.15) is 48.0 Å². The number of carbonyl (C=O) groups is 2. The van der Waals surface area contributed by atoms with Crippen LogP contribution in [0, 0.1) is 0 Å². The van der Waals surface area contributed by atoms with E-state index in [4.69, 9.17) is 19.0 Å². The summed E-state index contributed by atoms with van der Waals surface area (Å²) in [6, 6.07) is 22.5. The van der Waals surface area contributed by atoms with Crippen molar-refractivity contribution in [3.63, 3.8) is 0 Å². The summed E-state index contributed by atoms with van der Waals surface area (Å²) in [5.74, 6) is 0.645. The zero-order chi connectivity index (χ0) is 30.3. The molecule has 2 amide bonds. The van der Waals surface area contributed by atoms with Gasteiger partial charge in [0, 0.05) is 31.7 Å². The molecule has 2 atom stereocenters. The number of hydrogen-bond acceptors (Lipinski definition) is 8. The van der Waals surface area contributed by atoms with Crippen molar-refractivity contribution in [1.29, 1.82) is 0 Å². The lowest BCUT2D eigenvalue weighted by Crippen LogP contribution is -2.43. The smallest absolute Gasteiger partial charge is 0.253 e. The highest BCUT2D eigenvalue weighted by atomic mass is 32.2. The van der Waals surface area contributed by atoms with Crippen molar-refractivity contribution >= 4 is 21.7 Å². The predicted molar refractivity (Wildman–Crippen MR) is 159 cm³/mol. The van der Waals surface area contributed by atoms with Crippen molar-refractivity contribution in [3.8, 4) is 17.2 Å². The standard InChI is InChI=1S/C32H36N2O8S/c1-39-26-14-16-28(17-15-26)41-27-12-10-25(11-13-27)32(23-29(35)33-42-30-9-5-6-21-40-30)18-19-34(20-22-43(32,37)38)31(36)24-7-3-2-4-8-24/h2-4,7-8,10-17,30H,5-6,9,18-23H2,1H3,(H,33,35). The Bertz CT molecular complexity index is 1490. The first-order valence-electron chi connectivity index (χ1n) is 14.3. The molecule has 2 saturated heterocycles. The Morgan fingerprint density at radius 1 is 0.930 bits per heavy atom. The van der Waals surface area contributed by atoms with Gasteiger partial charge in [-0.1, -0.05) is 30.3 Å². The van der Waals surface area contributed by atoms with Crippen LogP contribution in [0.5, 0.6) is 17.2 Å². The third kappa shape index (κ3) is 7.18. The first-order chi connectivity index (χ1) is 20.8. The van der Waals surface area contributed by atoms with Gasteiger partial charge in [-0.3, -0.25) is 9.59 Å². The fourth-order valence-electron chi connectivity index (χ4n) is 5.44. The molecule has 10 nitrogen and oxygen atoms in total. The average molecular weight is 609 g/mol. The molecular formula is C32H36N2O8S. The number of nitrogens with one attached hydrogen (secondary N) is 1. The predicted octanol–water partition coefficient (Wildman–Crippen LogP) is 4.61. The van der Waals surface area contributed by atoms with Gasteiger partial charge in [0.2, 0.25) is 5.91 Å². The molecule has 0 aliphatic carbocycles. The highest BCUT2D eigenvalue weighted by Gasteiger charge is 2.49. The number of nitrogens with zero attached hydrogens (tertiary/aromatic N) is 1. The summed E-state index contributed by atoms with van der Waals surface area (Å²) in [4.78, 5) is 33.5. The SMILES string of the molecule is COc1ccc(Oc2ccc(C3(CC(=O)NOC4CCCCO4)CCN(C(=O)c4ccccc4)CCS3(=O)=O)cc2)cc1. The zero-order valence-corrected chi connectivity index (χ0v) is 24.9. The van der Waals surface area contributed by atoms with E-state index in [2.05, 4.69) is 5.48 Å². The number of benzene rings is 3. The van der Waals surface area contributed by atoms with E-state index in [0.29, 0.717) is 41.4 Å². The van der Waals surface area contributed by atoms with E-state index in [1.54, 1.807) is 84.8 Å². The molecule has 1 N–H and O–H groups in total. The normalized spacial score (nSPS) is 21.8. The van der Waals surface area contributed by atoms with Gasteiger partial charge in [-0.15, -0.1) is 0 Å². The molecule has 43 heavy (non-hydrogen) atoms. The molecule has 3 aromatic rings. The van der Waals surface area contributed by atoms with Crippen LogP contribution in [0.25, 0.3) is 0 Å². The Kier molecular flexibility index (Phi) is 9.64. The second-order valence-electron chi connectivity index (χ2n) is 10.6. The summed E-state index contributed by atoms with van der Waals surface area (Å²) in [5, 5.41) is 0. The maximum absolute atomic E-state index is 14.1. The average Bonchev–Trinajstić information content (AvgIpc) is 3.17. The van der Waals surface area contributed by atoms with Crippen LogP contribution in [0.4, 0.5) is 0 Å². The Morgan fingerprint density at radius 3 is 2.26 bits per heavy atom. The van der Waals surface area contributed by atoms with Gasteiger partial charge in [-0.2, -0.15) is 0 Å². The topological polar surface area (TPSA) is 120 Å². The van der Waals surface area contributed by atoms with E-state index in [-0.39, 0.29) is 37.6 Å². The molecule has 5 rings (SSSR count). The fourth-order valence-corrected chi connectivity index (χ4v) is 7.54. The largest absolute Gasteiger partial charge is 0.497 e. The van der Waals surface area contributed by atoms with Crippen molar-refractivity contribution in [3.05, 3.63) is 90.0 Å². The van der Waals surface area contributed by atoms with Crippen molar-refractivity contribution < 1.29 is 37.1 Å². The Labute approximate surface area is 251 Å². The summed E-state index contributed by atoms with van der Waals surface area (Å²) in [5.41, 5.74) is 3.34. The third-order valence-electron chi connectivity index (χ3n) is 7.88. The number of carbonyl (C=O) groups excluding carboxylic acids is 2. The second kappa shape index (κ2) is 13.6. The van der Waals surface area contributed by atoms with Crippen LogP contribution in [-0.2, 0) is 29.0 Å². The molecule has 0 radical (unpaired) electrons. The van der Waals surface area contributed by atoms with Crippen LogP contribution in [0.15, 0.2) is 78.9 Å². The van der Waals surface area contributed by atoms with Crippen molar-refractivity contribution in [2.24, 2.45) is 0 Å². The molecule has 0 saturated carbocycles. The van der Waals surface area contributed by atoms with E-state index in [9.17, 15) is 18.0 Å². The van der Waals surface area contributed by atoms with E-state index < -0.39 is 26.8 Å². The highest BCUT2D eigenvalue weighted by Crippen LogP contribution is 2.41. The molecule has 11 heteroatoms. The molecule has 0 bridgehead atoms. The summed E-state index contributed by atoms with van der Waals surface area (Å²) >= 11 is 0. The molecule has 2 heterocycles. The summed E-state index contributed by atoms with van der Waals surface area (Å²) < 4.78 is 43.2. The highest BCUT2D eigenvalue weighted by molar-refractivity contribution is 7.92. The molecule has 0 aromatic heterocycles. The maximum atomic E-state index is 14.1. The summed E-state index contributed by atoms with van der Waals surface area (Å²) in [6.45, 7) is 0.705. The summed E-state index contributed by atoms with van der Waals surface area (Å²) in [6.07, 6.45) is 1.54. The Morgan fingerprint density at radius 2 is 1.60 bits per heavy atom. The Balaban J connectivity index is 1.40. The zero-order valence-electron chi connectivity index (χ0n) is 24.1. The van der Waals surface area contributed by atoms with E-state index in [1.807, 2.05) is 6.07 Å². The number of hydroxylamine groups is 1. The van der Waals surface area contributed by atoms with Crippen LogP contribution in [0.2, 0.25) is 0 Å². The van der Waals surface area contributed by atoms with Gasteiger partial charge in [0.05, 0.1) is 19.3 Å². The monoisotopic (exact) mass is 608 g/mol. The molecule has 3 aromatic carbocycles. The number of methoxy groups -OCH3 is 1. The van der Waals surface area contributed by atoms with Gasteiger partial charge in [0.25, 0.3) is 5.91 Å². The molecule has 2 aliphatic heterocycles. The molecular weight excluding hydrogens is 572 g/mol. The number of sulfone groups is 1. The minimum atomic E-state index is -3.94. The minimum absolute atomic E-state index is 0.0184.